The van der Waals surface area contributed by atoms with Crippen molar-refractivity contribution in [1.29, 1.82) is 0 Å². The fraction of sp³-hybridized carbons (Fsp3) is 0.471. The zero-order valence-corrected chi connectivity index (χ0v) is 26.2. The summed E-state index contributed by atoms with van der Waals surface area (Å²) < 4.78 is 23.6. The Labute approximate surface area is 269 Å². The minimum absolute atomic E-state index is 0.0202. The maximum Gasteiger partial charge on any atom is 0.354 e. The van der Waals surface area contributed by atoms with Gasteiger partial charge in [0.15, 0.2) is 0 Å². The van der Waals surface area contributed by atoms with E-state index in [1.807, 2.05) is 30.3 Å². The van der Waals surface area contributed by atoms with Gasteiger partial charge < -0.3 is 29.2 Å². The van der Waals surface area contributed by atoms with Gasteiger partial charge in [-0.3, -0.25) is 9.80 Å². The van der Waals surface area contributed by atoms with Gasteiger partial charge in [-0.2, -0.15) is 0 Å². The monoisotopic (exact) mass is 636 g/mol. The highest BCUT2D eigenvalue weighted by Gasteiger charge is 2.23. The summed E-state index contributed by atoms with van der Waals surface area (Å²) >= 11 is 0. The van der Waals surface area contributed by atoms with Crippen molar-refractivity contribution in [3.05, 3.63) is 95.1 Å². The van der Waals surface area contributed by atoms with Crippen molar-refractivity contribution < 1.29 is 38.7 Å². The minimum atomic E-state index is -1.05. The van der Waals surface area contributed by atoms with Gasteiger partial charge in [-0.25, -0.2) is 19.6 Å². The van der Waals surface area contributed by atoms with Crippen molar-refractivity contribution in [2.45, 2.75) is 25.4 Å². The Kier molecular flexibility index (Phi) is 15.0. The Bertz CT molecular complexity index is 1330. The number of pyridine rings is 2. The Hall–Kier alpha value is -3.78. The first-order chi connectivity index (χ1) is 22.5. The number of carboxylic acid groups (broad SMARTS) is 2. The van der Waals surface area contributed by atoms with Gasteiger partial charge in [0, 0.05) is 32.7 Å². The molecule has 0 saturated carbocycles. The highest BCUT2D eigenvalue weighted by Crippen LogP contribution is 2.25. The van der Waals surface area contributed by atoms with E-state index >= 15 is 0 Å². The molecule has 0 amide bonds. The summed E-state index contributed by atoms with van der Waals surface area (Å²) in [5.74, 6) is -2.11. The van der Waals surface area contributed by atoms with Crippen molar-refractivity contribution in [2.75, 3.05) is 79.0 Å². The Morgan fingerprint density at radius 1 is 0.652 bits per heavy atom. The van der Waals surface area contributed by atoms with E-state index in [2.05, 4.69) is 31.9 Å². The predicted octanol–water partition coefficient (Wildman–Crippen LogP) is 3.43. The molecule has 1 saturated heterocycles. The summed E-state index contributed by atoms with van der Waals surface area (Å²) in [5, 5.41) is 18.9. The van der Waals surface area contributed by atoms with Crippen molar-refractivity contribution in [3.63, 3.8) is 0 Å². The molecule has 1 aliphatic heterocycles. The molecule has 3 heterocycles. The number of carbonyl (C=O) groups is 2. The average Bonchev–Trinajstić information content (AvgIpc) is 3.06. The Morgan fingerprint density at radius 3 is 1.78 bits per heavy atom. The first-order valence-corrected chi connectivity index (χ1v) is 15.7. The molecule has 248 valence electrons. The summed E-state index contributed by atoms with van der Waals surface area (Å²) in [5.41, 5.74) is 2.62. The van der Waals surface area contributed by atoms with Gasteiger partial charge in [0.05, 0.1) is 70.3 Å². The maximum atomic E-state index is 11.7. The molecular weight excluding hydrogens is 592 g/mol. The van der Waals surface area contributed by atoms with Crippen LogP contribution in [0.2, 0.25) is 0 Å². The first-order valence-electron chi connectivity index (χ1n) is 15.7. The second-order valence-electron chi connectivity index (χ2n) is 10.9. The van der Waals surface area contributed by atoms with E-state index in [9.17, 15) is 19.8 Å². The number of aromatic carboxylic acids is 2. The van der Waals surface area contributed by atoms with Gasteiger partial charge in [-0.05, 0) is 42.7 Å². The van der Waals surface area contributed by atoms with Gasteiger partial charge in [0.1, 0.15) is 11.4 Å². The lowest BCUT2D eigenvalue weighted by Crippen LogP contribution is -2.36. The lowest BCUT2D eigenvalue weighted by atomic mass is 10.0. The van der Waals surface area contributed by atoms with Gasteiger partial charge in [-0.1, -0.05) is 42.5 Å². The molecule has 0 bridgehead atoms. The molecule has 0 aliphatic carbocycles. The molecule has 0 spiro atoms. The molecule has 1 unspecified atom stereocenters. The van der Waals surface area contributed by atoms with E-state index in [4.69, 9.17) is 18.9 Å². The van der Waals surface area contributed by atoms with Crippen LogP contribution in [0, 0.1) is 0 Å². The van der Waals surface area contributed by atoms with E-state index in [0.29, 0.717) is 97.0 Å². The number of aromatic nitrogens is 2. The second kappa shape index (κ2) is 19.7. The van der Waals surface area contributed by atoms with Crippen LogP contribution in [0.3, 0.4) is 0 Å². The second-order valence-corrected chi connectivity index (χ2v) is 10.9. The molecule has 4 rings (SSSR count). The number of ether oxygens (including phenoxy) is 4. The molecule has 2 aromatic heterocycles. The van der Waals surface area contributed by atoms with Crippen LogP contribution in [0.1, 0.15) is 50.4 Å². The van der Waals surface area contributed by atoms with Crippen molar-refractivity contribution in [2.24, 2.45) is 0 Å². The summed E-state index contributed by atoms with van der Waals surface area (Å²) in [7, 11) is 0. The van der Waals surface area contributed by atoms with Crippen LogP contribution in [0.15, 0.2) is 66.7 Å². The summed E-state index contributed by atoms with van der Waals surface area (Å²) in [6, 6.07) is 20.2. The Balaban J connectivity index is 1.36. The zero-order chi connectivity index (χ0) is 32.4. The summed E-state index contributed by atoms with van der Waals surface area (Å²) in [6.45, 7) is 6.53. The van der Waals surface area contributed by atoms with Gasteiger partial charge in [-0.15, -0.1) is 0 Å². The molecule has 12 heteroatoms. The number of hydrogen-bond acceptors (Lipinski definition) is 10. The minimum Gasteiger partial charge on any atom is -0.477 e. The predicted molar refractivity (Wildman–Crippen MR) is 170 cm³/mol. The van der Waals surface area contributed by atoms with Crippen molar-refractivity contribution in [1.82, 2.24) is 19.8 Å². The van der Waals surface area contributed by atoms with E-state index in [-0.39, 0.29) is 17.4 Å². The molecule has 46 heavy (non-hydrogen) atoms. The topological polar surface area (TPSA) is 144 Å². The average molecular weight is 637 g/mol. The largest absolute Gasteiger partial charge is 0.477 e. The smallest absolute Gasteiger partial charge is 0.354 e. The highest BCUT2D eigenvalue weighted by atomic mass is 16.5. The molecular formula is C34H44N4O8. The number of hydrogen-bond donors (Lipinski definition) is 2. The lowest BCUT2D eigenvalue weighted by Gasteiger charge is -2.32. The summed E-state index contributed by atoms with van der Waals surface area (Å²) in [4.78, 5) is 36.2. The van der Waals surface area contributed by atoms with Crippen LogP contribution in [-0.4, -0.2) is 121 Å². The van der Waals surface area contributed by atoms with Gasteiger partial charge in [0.25, 0.3) is 0 Å². The summed E-state index contributed by atoms with van der Waals surface area (Å²) in [6.07, 6.45) is 1.56. The molecule has 1 aromatic carbocycles. The van der Waals surface area contributed by atoms with Crippen molar-refractivity contribution in [3.8, 4) is 0 Å². The third-order valence-corrected chi connectivity index (χ3v) is 7.63. The third-order valence-electron chi connectivity index (χ3n) is 7.63. The van der Waals surface area contributed by atoms with Crippen LogP contribution in [0.25, 0.3) is 0 Å². The van der Waals surface area contributed by atoms with Crippen LogP contribution < -0.4 is 0 Å². The molecule has 1 atom stereocenters. The molecule has 2 N–H and O–H groups in total. The first kappa shape index (κ1) is 35.1. The molecule has 0 radical (unpaired) electrons. The number of nitrogens with zero attached hydrogens (tertiary/aromatic N) is 4. The number of carboxylic acids is 2. The van der Waals surface area contributed by atoms with Crippen molar-refractivity contribution >= 4 is 11.9 Å². The van der Waals surface area contributed by atoms with E-state index in [0.717, 1.165) is 12.8 Å². The lowest BCUT2D eigenvalue weighted by molar-refractivity contribution is 0.000445. The molecule has 3 aromatic rings. The van der Waals surface area contributed by atoms with E-state index in [1.165, 1.54) is 17.7 Å². The standard InChI is InChI=1S/C34H44N4O8/c39-33(40)30-10-4-8-28(35-30)26-37-14-18-43-22-24-45-20-16-38(17-21-46-25-23-44-19-15-37)32(13-12-27-6-2-1-3-7-27)29-9-5-11-31(36-29)34(41)42/h1-11,32H,12-26H2,(H,39,40)(H,41,42). The number of benzene rings is 1. The molecule has 12 nitrogen and oxygen atoms in total. The normalized spacial score (nSPS) is 17.8. The van der Waals surface area contributed by atoms with E-state index < -0.39 is 11.9 Å². The van der Waals surface area contributed by atoms with Gasteiger partial charge in [0.2, 0.25) is 0 Å². The Morgan fingerprint density at radius 2 is 1.20 bits per heavy atom. The van der Waals surface area contributed by atoms with Crippen LogP contribution in [0.4, 0.5) is 0 Å². The third kappa shape index (κ3) is 12.2. The zero-order valence-electron chi connectivity index (χ0n) is 26.2. The van der Waals surface area contributed by atoms with Crippen LogP contribution in [-0.2, 0) is 31.9 Å². The number of aryl methyl sites for hydroxylation is 1. The fourth-order valence-electron chi connectivity index (χ4n) is 5.23. The molecule has 1 aliphatic rings. The molecule has 1 fully saturated rings. The van der Waals surface area contributed by atoms with Gasteiger partial charge >= 0.3 is 11.9 Å². The maximum absolute atomic E-state index is 11.7. The number of rotatable bonds is 9. The van der Waals surface area contributed by atoms with Crippen LogP contribution in [0.5, 0.6) is 0 Å². The van der Waals surface area contributed by atoms with Crippen LogP contribution >= 0.6 is 0 Å². The highest BCUT2D eigenvalue weighted by molar-refractivity contribution is 5.85. The SMILES string of the molecule is O=C(O)c1cccc(CN2CCOCCOCCN(C(CCc3ccccc3)c3cccc(C(=O)O)n3)CCOCCOCC2)n1. The van der Waals surface area contributed by atoms with E-state index in [1.54, 1.807) is 12.1 Å². The quantitative estimate of drug-likeness (QED) is 0.355. The fourth-order valence-corrected chi connectivity index (χ4v) is 5.23.